The molecule has 2 nitrogen and oxygen atoms in total. The van der Waals surface area contributed by atoms with E-state index in [1.807, 2.05) is 6.07 Å². The predicted molar refractivity (Wildman–Crippen MR) is 82.4 cm³/mol. The Kier molecular flexibility index (Phi) is 2.59. The van der Waals surface area contributed by atoms with Gasteiger partial charge in [-0.3, -0.25) is 0 Å². The molecule has 2 heteroatoms. The highest BCUT2D eigenvalue weighted by Crippen LogP contribution is 2.34. The molecule has 0 aliphatic carbocycles. The smallest absolute Gasteiger partial charge is 0.0512 e. The molecule has 1 aromatic heterocycles. The van der Waals surface area contributed by atoms with Crippen LogP contribution in [0.4, 0.5) is 5.69 Å². The molecule has 0 saturated heterocycles. The van der Waals surface area contributed by atoms with Gasteiger partial charge in [-0.2, -0.15) is 0 Å². The first-order chi connectivity index (χ1) is 9.08. The normalized spacial score (nSPS) is 11.1. The number of rotatable bonds is 1. The van der Waals surface area contributed by atoms with E-state index >= 15 is 0 Å². The van der Waals surface area contributed by atoms with Gasteiger partial charge in [-0.05, 0) is 43.5 Å². The van der Waals surface area contributed by atoms with Crippen LogP contribution < -0.4 is 5.73 Å². The zero-order valence-electron chi connectivity index (χ0n) is 11.5. The molecular weight excluding hydrogens is 232 g/mol. The van der Waals surface area contributed by atoms with Crippen molar-refractivity contribution in [1.29, 1.82) is 0 Å². The monoisotopic (exact) mass is 250 g/mol. The van der Waals surface area contributed by atoms with Gasteiger partial charge < -0.3 is 10.7 Å². The van der Waals surface area contributed by atoms with Gasteiger partial charge in [0.1, 0.15) is 0 Å². The maximum absolute atomic E-state index is 6.12. The first-order valence-corrected chi connectivity index (χ1v) is 6.52. The highest BCUT2D eigenvalue weighted by Gasteiger charge is 2.13. The van der Waals surface area contributed by atoms with Crippen LogP contribution in [0.1, 0.15) is 16.7 Å². The van der Waals surface area contributed by atoms with Crippen LogP contribution in [0, 0.1) is 20.8 Å². The summed E-state index contributed by atoms with van der Waals surface area (Å²) >= 11 is 0. The number of hydrogen-bond donors (Lipinski definition) is 2. The average molecular weight is 250 g/mol. The lowest BCUT2D eigenvalue weighted by Crippen LogP contribution is -1.87. The summed E-state index contributed by atoms with van der Waals surface area (Å²) in [5.74, 6) is 0. The molecule has 3 aromatic rings. The Bertz CT molecular complexity index is 749. The number of aromatic amines is 1. The van der Waals surface area contributed by atoms with Crippen molar-refractivity contribution in [2.45, 2.75) is 20.8 Å². The van der Waals surface area contributed by atoms with Gasteiger partial charge in [0.2, 0.25) is 0 Å². The minimum atomic E-state index is 0.840. The summed E-state index contributed by atoms with van der Waals surface area (Å²) in [6.45, 7) is 6.34. The second-order valence-electron chi connectivity index (χ2n) is 5.21. The molecule has 0 unspecified atom stereocenters. The third-order valence-corrected chi connectivity index (χ3v) is 3.79. The number of anilines is 1. The topological polar surface area (TPSA) is 41.8 Å². The van der Waals surface area contributed by atoms with Crippen LogP contribution in [0.3, 0.4) is 0 Å². The van der Waals surface area contributed by atoms with Crippen molar-refractivity contribution in [3.05, 3.63) is 53.1 Å². The van der Waals surface area contributed by atoms with Crippen LogP contribution >= 0.6 is 0 Å². The van der Waals surface area contributed by atoms with Crippen LogP contribution in [-0.4, -0.2) is 4.98 Å². The van der Waals surface area contributed by atoms with Crippen molar-refractivity contribution in [1.82, 2.24) is 4.98 Å². The molecule has 0 spiro atoms. The van der Waals surface area contributed by atoms with E-state index in [1.54, 1.807) is 0 Å². The fourth-order valence-corrected chi connectivity index (χ4v) is 2.64. The largest absolute Gasteiger partial charge is 0.398 e. The standard InChI is InChI=1S/C17H18N2/c1-10-4-7-13(8-5-10)17-12(3)15-14(18)9-6-11(2)16(15)19-17/h4-9,19H,18H2,1-3H3. The minimum Gasteiger partial charge on any atom is -0.398 e. The van der Waals surface area contributed by atoms with Gasteiger partial charge in [0.25, 0.3) is 0 Å². The maximum Gasteiger partial charge on any atom is 0.0512 e. The number of aromatic nitrogens is 1. The second kappa shape index (κ2) is 4.16. The van der Waals surface area contributed by atoms with E-state index in [4.69, 9.17) is 5.73 Å². The molecule has 0 bridgehead atoms. The Labute approximate surface area is 113 Å². The number of fused-ring (bicyclic) bond motifs is 1. The number of hydrogen-bond acceptors (Lipinski definition) is 1. The maximum atomic E-state index is 6.12. The molecule has 19 heavy (non-hydrogen) atoms. The summed E-state index contributed by atoms with van der Waals surface area (Å²) in [4.78, 5) is 3.53. The van der Waals surface area contributed by atoms with Gasteiger partial charge in [0.15, 0.2) is 0 Å². The number of nitrogens with one attached hydrogen (secondary N) is 1. The van der Waals surface area contributed by atoms with E-state index in [2.05, 4.69) is 56.1 Å². The summed E-state index contributed by atoms with van der Waals surface area (Å²) < 4.78 is 0. The van der Waals surface area contributed by atoms with E-state index in [0.717, 1.165) is 22.3 Å². The first kappa shape index (κ1) is 11.8. The Morgan fingerprint density at radius 3 is 2.21 bits per heavy atom. The van der Waals surface area contributed by atoms with E-state index < -0.39 is 0 Å². The Morgan fingerprint density at radius 2 is 1.58 bits per heavy atom. The average Bonchev–Trinajstić information content (AvgIpc) is 2.74. The van der Waals surface area contributed by atoms with Crippen LogP contribution in [0.15, 0.2) is 36.4 Å². The Balaban J connectivity index is 2.31. The molecule has 3 rings (SSSR count). The molecule has 1 heterocycles. The lowest BCUT2D eigenvalue weighted by Gasteiger charge is -2.01. The number of H-pyrrole nitrogens is 1. The predicted octanol–water partition coefficient (Wildman–Crippen LogP) is 4.34. The van der Waals surface area contributed by atoms with Crippen molar-refractivity contribution in [2.75, 3.05) is 5.73 Å². The fourth-order valence-electron chi connectivity index (χ4n) is 2.64. The van der Waals surface area contributed by atoms with Crippen LogP contribution in [0.25, 0.3) is 22.2 Å². The summed E-state index contributed by atoms with van der Waals surface area (Å²) in [7, 11) is 0. The van der Waals surface area contributed by atoms with Crippen LogP contribution in [0.2, 0.25) is 0 Å². The lowest BCUT2D eigenvalue weighted by atomic mass is 10.0. The molecule has 0 radical (unpaired) electrons. The van der Waals surface area contributed by atoms with E-state index in [9.17, 15) is 0 Å². The molecule has 2 aromatic carbocycles. The Hall–Kier alpha value is -2.22. The van der Waals surface area contributed by atoms with Gasteiger partial charge in [-0.25, -0.2) is 0 Å². The fraction of sp³-hybridized carbons (Fsp3) is 0.176. The first-order valence-electron chi connectivity index (χ1n) is 6.52. The van der Waals surface area contributed by atoms with Gasteiger partial charge in [0.05, 0.1) is 5.52 Å². The highest BCUT2D eigenvalue weighted by atomic mass is 14.7. The summed E-state index contributed by atoms with van der Waals surface area (Å²) in [6, 6.07) is 12.6. The van der Waals surface area contributed by atoms with E-state index in [1.165, 1.54) is 22.3 Å². The van der Waals surface area contributed by atoms with E-state index in [-0.39, 0.29) is 0 Å². The molecule has 0 aliphatic rings. The zero-order chi connectivity index (χ0) is 13.6. The molecular formula is C17H18N2. The number of nitrogens with two attached hydrogens (primary N) is 1. The molecule has 0 saturated carbocycles. The van der Waals surface area contributed by atoms with Crippen LogP contribution in [0.5, 0.6) is 0 Å². The molecule has 3 N–H and O–H groups in total. The molecule has 0 fully saturated rings. The second-order valence-corrected chi connectivity index (χ2v) is 5.21. The van der Waals surface area contributed by atoms with Gasteiger partial charge in [-0.15, -0.1) is 0 Å². The van der Waals surface area contributed by atoms with Gasteiger partial charge in [-0.1, -0.05) is 35.9 Å². The third kappa shape index (κ3) is 1.80. The molecule has 0 amide bonds. The minimum absolute atomic E-state index is 0.840. The van der Waals surface area contributed by atoms with Gasteiger partial charge >= 0.3 is 0 Å². The van der Waals surface area contributed by atoms with Crippen LogP contribution in [-0.2, 0) is 0 Å². The van der Waals surface area contributed by atoms with Crippen molar-refractivity contribution >= 4 is 16.6 Å². The number of aryl methyl sites for hydroxylation is 3. The number of benzene rings is 2. The van der Waals surface area contributed by atoms with Crippen molar-refractivity contribution in [3.63, 3.8) is 0 Å². The molecule has 96 valence electrons. The number of nitrogen functional groups attached to an aromatic ring is 1. The zero-order valence-corrected chi connectivity index (χ0v) is 11.5. The quantitative estimate of drug-likeness (QED) is 0.620. The van der Waals surface area contributed by atoms with Gasteiger partial charge in [0, 0.05) is 16.8 Å². The van der Waals surface area contributed by atoms with E-state index in [0.29, 0.717) is 0 Å². The molecule has 0 aliphatic heterocycles. The third-order valence-electron chi connectivity index (χ3n) is 3.79. The van der Waals surface area contributed by atoms with Crippen molar-refractivity contribution in [3.8, 4) is 11.3 Å². The highest BCUT2D eigenvalue weighted by molar-refractivity contribution is 6.00. The summed E-state index contributed by atoms with van der Waals surface area (Å²) in [5.41, 5.74) is 14.2. The Morgan fingerprint density at radius 1 is 0.895 bits per heavy atom. The van der Waals surface area contributed by atoms with Crippen molar-refractivity contribution in [2.24, 2.45) is 0 Å². The summed E-state index contributed by atoms with van der Waals surface area (Å²) in [6.07, 6.45) is 0. The SMILES string of the molecule is Cc1ccc(-c2[nH]c3c(C)ccc(N)c3c2C)cc1. The summed E-state index contributed by atoms with van der Waals surface area (Å²) in [5, 5.41) is 1.15. The van der Waals surface area contributed by atoms with Crippen molar-refractivity contribution < 1.29 is 0 Å². The molecule has 0 atom stereocenters. The lowest BCUT2D eigenvalue weighted by molar-refractivity contribution is 1.37.